The van der Waals surface area contributed by atoms with Gasteiger partial charge in [-0.05, 0) is 36.2 Å². The highest BCUT2D eigenvalue weighted by Gasteiger charge is 2.35. The van der Waals surface area contributed by atoms with Crippen LogP contribution >= 0.6 is 0 Å². The molecule has 0 aliphatic carbocycles. The van der Waals surface area contributed by atoms with Gasteiger partial charge in [0.25, 0.3) is 5.91 Å². The molecule has 2 aromatic carbocycles. The third-order valence-electron chi connectivity index (χ3n) is 4.79. The summed E-state index contributed by atoms with van der Waals surface area (Å²) in [6.07, 6.45) is 0.375. The van der Waals surface area contributed by atoms with Crippen molar-refractivity contribution in [1.82, 2.24) is 4.90 Å². The van der Waals surface area contributed by atoms with Crippen LogP contribution in [-0.2, 0) is 21.2 Å². The molecule has 1 aliphatic heterocycles. The van der Waals surface area contributed by atoms with Crippen molar-refractivity contribution in [3.8, 4) is 11.5 Å². The van der Waals surface area contributed by atoms with Crippen molar-refractivity contribution in [2.24, 2.45) is 0 Å². The van der Waals surface area contributed by atoms with Crippen LogP contribution in [0.2, 0.25) is 0 Å². The number of hydrogen-bond acceptors (Lipinski definition) is 6. The first-order valence-corrected chi connectivity index (χ1v) is 11.0. The molecule has 0 radical (unpaired) electrons. The van der Waals surface area contributed by atoms with E-state index in [1.165, 1.54) is 6.92 Å². The van der Waals surface area contributed by atoms with Gasteiger partial charge >= 0.3 is 5.97 Å². The van der Waals surface area contributed by atoms with E-state index in [4.69, 9.17) is 9.47 Å². The minimum absolute atomic E-state index is 0.0512. The lowest BCUT2D eigenvalue weighted by atomic mass is 10.1. The highest BCUT2D eigenvalue weighted by molar-refractivity contribution is 7.91. The van der Waals surface area contributed by atoms with Gasteiger partial charge in [0.2, 0.25) is 0 Å². The molecule has 1 aliphatic rings. The summed E-state index contributed by atoms with van der Waals surface area (Å²) in [5.74, 6) is -0.0867. The zero-order chi connectivity index (χ0) is 21.0. The van der Waals surface area contributed by atoms with Gasteiger partial charge in [-0.3, -0.25) is 9.59 Å². The van der Waals surface area contributed by atoms with Crippen LogP contribution in [-0.4, -0.2) is 49.9 Å². The van der Waals surface area contributed by atoms with E-state index in [9.17, 15) is 18.0 Å². The van der Waals surface area contributed by atoms with E-state index in [-0.39, 0.29) is 35.3 Å². The van der Waals surface area contributed by atoms with E-state index >= 15 is 0 Å². The average molecular weight is 417 g/mol. The Balaban J connectivity index is 1.94. The molecule has 0 saturated carbocycles. The summed E-state index contributed by atoms with van der Waals surface area (Å²) in [6, 6.07) is 13.3. The smallest absolute Gasteiger partial charge is 0.308 e. The first-order chi connectivity index (χ1) is 13.8. The number of nitrogens with zero attached hydrogens (tertiary/aromatic N) is 1. The van der Waals surface area contributed by atoms with Crippen LogP contribution in [0.1, 0.15) is 29.3 Å². The number of esters is 1. The maximum Gasteiger partial charge on any atom is 0.308 e. The first kappa shape index (κ1) is 20.9. The average Bonchev–Trinajstić information content (AvgIpc) is 3.05. The molecule has 1 atom stereocenters. The van der Waals surface area contributed by atoms with E-state index in [1.54, 1.807) is 48.4 Å². The Morgan fingerprint density at radius 3 is 2.38 bits per heavy atom. The maximum atomic E-state index is 13.4. The van der Waals surface area contributed by atoms with Crippen LogP contribution in [0.3, 0.4) is 0 Å². The molecule has 1 saturated heterocycles. The van der Waals surface area contributed by atoms with E-state index in [0.717, 1.165) is 5.56 Å². The predicted molar refractivity (Wildman–Crippen MR) is 108 cm³/mol. The fourth-order valence-electron chi connectivity index (χ4n) is 3.36. The summed E-state index contributed by atoms with van der Waals surface area (Å²) >= 11 is 0. The first-order valence-electron chi connectivity index (χ1n) is 9.21. The molecule has 8 heteroatoms. The van der Waals surface area contributed by atoms with Crippen LogP contribution in [0, 0.1) is 0 Å². The van der Waals surface area contributed by atoms with Crippen molar-refractivity contribution < 1.29 is 27.5 Å². The van der Waals surface area contributed by atoms with E-state index in [1.807, 2.05) is 12.1 Å². The minimum Gasteiger partial charge on any atom is -0.497 e. The zero-order valence-corrected chi connectivity index (χ0v) is 17.1. The van der Waals surface area contributed by atoms with Crippen molar-refractivity contribution in [2.45, 2.75) is 25.9 Å². The normalized spacial score (nSPS) is 17.5. The summed E-state index contributed by atoms with van der Waals surface area (Å²) < 4.78 is 34.4. The van der Waals surface area contributed by atoms with Gasteiger partial charge in [-0.15, -0.1) is 0 Å². The Hall–Kier alpha value is -2.87. The predicted octanol–water partition coefficient (Wildman–Crippen LogP) is 2.45. The molecule has 3 rings (SSSR count). The number of carbonyl (C=O) groups is 2. The van der Waals surface area contributed by atoms with Crippen LogP contribution in [0.15, 0.2) is 48.5 Å². The molecular formula is C21H23NO6S. The summed E-state index contributed by atoms with van der Waals surface area (Å²) in [5.41, 5.74) is 1.06. The van der Waals surface area contributed by atoms with E-state index < -0.39 is 21.8 Å². The summed E-state index contributed by atoms with van der Waals surface area (Å²) in [5, 5.41) is 0. The molecule has 1 heterocycles. The largest absolute Gasteiger partial charge is 0.497 e. The zero-order valence-electron chi connectivity index (χ0n) is 16.3. The Bertz CT molecular complexity index is 1000. The van der Waals surface area contributed by atoms with Crippen molar-refractivity contribution in [1.29, 1.82) is 0 Å². The number of carbonyl (C=O) groups excluding carboxylic acids is 2. The number of hydrogen-bond donors (Lipinski definition) is 0. The van der Waals surface area contributed by atoms with Crippen molar-refractivity contribution in [2.75, 3.05) is 18.6 Å². The van der Waals surface area contributed by atoms with Gasteiger partial charge < -0.3 is 14.4 Å². The van der Waals surface area contributed by atoms with Gasteiger partial charge in [-0.2, -0.15) is 0 Å². The number of para-hydroxylation sites is 1. The molecule has 29 heavy (non-hydrogen) atoms. The number of amides is 1. The summed E-state index contributed by atoms with van der Waals surface area (Å²) in [7, 11) is -1.62. The highest BCUT2D eigenvalue weighted by atomic mass is 32.2. The Labute approximate surface area is 170 Å². The molecule has 1 unspecified atom stereocenters. The van der Waals surface area contributed by atoms with Gasteiger partial charge in [0.15, 0.2) is 9.84 Å². The maximum absolute atomic E-state index is 13.4. The van der Waals surface area contributed by atoms with E-state index in [0.29, 0.717) is 12.2 Å². The van der Waals surface area contributed by atoms with Crippen molar-refractivity contribution >= 4 is 21.7 Å². The second-order valence-electron chi connectivity index (χ2n) is 6.93. The lowest BCUT2D eigenvalue weighted by Crippen LogP contribution is -2.40. The van der Waals surface area contributed by atoms with Crippen molar-refractivity contribution in [3.63, 3.8) is 0 Å². The molecule has 0 N–H and O–H groups in total. The Morgan fingerprint density at radius 2 is 1.79 bits per heavy atom. The standard InChI is InChI=1S/C21H23NO6S/c1-15(23)28-20-6-4-3-5-19(20)21(24)22(17-11-12-29(25,26)14-17)13-16-7-9-18(27-2)10-8-16/h3-10,17H,11-14H2,1-2H3. The third kappa shape index (κ3) is 5.14. The van der Waals surface area contributed by atoms with Gasteiger partial charge in [-0.1, -0.05) is 24.3 Å². The van der Waals surface area contributed by atoms with Crippen LogP contribution in [0.4, 0.5) is 0 Å². The second kappa shape index (κ2) is 8.65. The molecule has 7 nitrogen and oxygen atoms in total. The lowest BCUT2D eigenvalue weighted by Gasteiger charge is -2.29. The van der Waals surface area contributed by atoms with Crippen molar-refractivity contribution in [3.05, 3.63) is 59.7 Å². The lowest BCUT2D eigenvalue weighted by molar-refractivity contribution is -0.131. The minimum atomic E-state index is -3.19. The van der Waals surface area contributed by atoms with Crippen LogP contribution in [0.25, 0.3) is 0 Å². The molecule has 1 fully saturated rings. The molecule has 154 valence electrons. The number of methoxy groups -OCH3 is 1. The summed E-state index contributed by atoms with van der Waals surface area (Å²) in [6.45, 7) is 1.50. The molecule has 0 spiro atoms. The third-order valence-corrected chi connectivity index (χ3v) is 6.54. The Morgan fingerprint density at radius 1 is 1.10 bits per heavy atom. The molecule has 1 amide bonds. The number of benzene rings is 2. The topological polar surface area (TPSA) is 90.0 Å². The van der Waals surface area contributed by atoms with Gasteiger partial charge in [0.05, 0.1) is 24.2 Å². The molecular weight excluding hydrogens is 394 g/mol. The number of ether oxygens (including phenoxy) is 2. The van der Waals surface area contributed by atoms with E-state index in [2.05, 4.69) is 0 Å². The van der Waals surface area contributed by atoms with Gasteiger partial charge in [0.1, 0.15) is 11.5 Å². The fraction of sp³-hybridized carbons (Fsp3) is 0.333. The summed E-state index contributed by atoms with van der Waals surface area (Å²) in [4.78, 5) is 26.4. The number of sulfone groups is 1. The number of rotatable bonds is 6. The second-order valence-corrected chi connectivity index (χ2v) is 9.16. The highest BCUT2D eigenvalue weighted by Crippen LogP contribution is 2.26. The molecule has 0 bridgehead atoms. The van der Waals surface area contributed by atoms with Gasteiger partial charge in [0, 0.05) is 19.5 Å². The van der Waals surface area contributed by atoms with Crippen LogP contribution < -0.4 is 9.47 Å². The Kier molecular flexibility index (Phi) is 6.22. The fourth-order valence-corrected chi connectivity index (χ4v) is 5.09. The molecule has 0 aromatic heterocycles. The van der Waals surface area contributed by atoms with Gasteiger partial charge in [-0.25, -0.2) is 8.42 Å². The van der Waals surface area contributed by atoms with Crippen LogP contribution in [0.5, 0.6) is 11.5 Å². The molecule has 2 aromatic rings. The quantitative estimate of drug-likeness (QED) is 0.530. The monoisotopic (exact) mass is 417 g/mol. The SMILES string of the molecule is COc1ccc(CN(C(=O)c2ccccc2OC(C)=O)C2CCS(=O)(=O)C2)cc1.